The van der Waals surface area contributed by atoms with Gasteiger partial charge in [0, 0.05) is 11.6 Å². The maximum atomic E-state index is 4.07. The van der Waals surface area contributed by atoms with E-state index in [0.29, 0.717) is 0 Å². The summed E-state index contributed by atoms with van der Waals surface area (Å²) in [5.74, 6) is 0. The van der Waals surface area contributed by atoms with E-state index in [9.17, 15) is 0 Å². The van der Waals surface area contributed by atoms with Crippen LogP contribution in [0.15, 0.2) is 36.8 Å². The van der Waals surface area contributed by atoms with Gasteiger partial charge in [-0.2, -0.15) is 0 Å². The summed E-state index contributed by atoms with van der Waals surface area (Å²) in [4.78, 5) is 7.97. The van der Waals surface area contributed by atoms with Gasteiger partial charge in [-0.15, -0.1) is 0 Å². The number of nitrogens with zero attached hydrogens (tertiary/aromatic N) is 2. The summed E-state index contributed by atoms with van der Waals surface area (Å²) in [6.07, 6.45) is 3.37. The molecule has 2 rings (SSSR count). The van der Waals surface area contributed by atoms with Crippen LogP contribution in [0.1, 0.15) is 0 Å². The fourth-order valence-electron chi connectivity index (χ4n) is 0.923. The second kappa shape index (κ2) is 3.75. The van der Waals surface area contributed by atoms with Crippen molar-refractivity contribution >= 4 is 38.2 Å². The van der Waals surface area contributed by atoms with Crippen LogP contribution in [-0.2, 0) is 0 Å². The van der Waals surface area contributed by atoms with Gasteiger partial charge in [-0.1, -0.05) is 18.2 Å². The Kier molecular flexibility index (Phi) is 2.93. The predicted molar refractivity (Wildman–Crippen MR) is 48.1 cm³/mol. The molecule has 2 radical (unpaired) electrons. The molecule has 0 aliphatic carbocycles. The maximum absolute atomic E-state index is 4.07. The average Bonchev–Trinajstić information content (AvgIpc) is 2.05. The number of rotatable bonds is 0. The fraction of sp³-hybridized carbons (Fsp3) is 0. The van der Waals surface area contributed by atoms with Gasteiger partial charge in [0.05, 0.1) is 5.52 Å². The summed E-state index contributed by atoms with van der Waals surface area (Å²) in [6.45, 7) is 0. The molecule has 0 bridgehead atoms. The first-order chi connectivity index (χ1) is 4.97. The molecule has 0 saturated heterocycles. The van der Waals surface area contributed by atoms with Crippen LogP contribution in [-0.4, -0.2) is 37.3 Å². The van der Waals surface area contributed by atoms with Crippen molar-refractivity contribution < 1.29 is 0 Å². The van der Waals surface area contributed by atoms with Crippen LogP contribution in [0.25, 0.3) is 10.9 Å². The monoisotopic (exact) mass is 340 g/mol. The van der Waals surface area contributed by atoms with Crippen molar-refractivity contribution in [2.24, 2.45) is 0 Å². The van der Waals surface area contributed by atoms with Crippen LogP contribution in [0.3, 0.4) is 0 Å². The molecule has 0 spiro atoms. The van der Waals surface area contributed by atoms with Gasteiger partial charge in [0.15, 0.2) is 0 Å². The number of aromatic nitrogens is 2. The smallest absolute Gasteiger partial charge is 0.116 e. The van der Waals surface area contributed by atoms with Crippen LogP contribution in [0.2, 0.25) is 0 Å². The van der Waals surface area contributed by atoms with Crippen LogP contribution in [0.4, 0.5) is 0 Å². The Morgan fingerprint density at radius 1 is 1.09 bits per heavy atom. The zero-order chi connectivity index (χ0) is 6.81. The number of hydrogen-bond donors (Lipinski definition) is 0. The van der Waals surface area contributed by atoms with Crippen molar-refractivity contribution in [3.8, 4) is 0 Å². The topological polar surface area (TPSA) is 25.8 Å². The molecule has 1 aromatic heterocycles. The maximum Gasteiger partial charge on any atom is 0.116 e. The predicted octanol–water partition coefficient (Wildman–Crippen LogP) is 0.714. The molecule has 0 amide bonds. The van der Waals surface area contributed by atoms with Gasteiger partial charge in [-0.3, -0.25) is 0 Å². The Hall–Kier alpha value is -0.518. The minimum absolute atomic E-state index is 0. The summed E-state index contributed by atoms with van der Waals surface area (Å²) in [5, 5.41) is 1.09. The Morgan fingerprint density at radius 2 is 1.91 bits per heavy atom. The first-order valence-corrected chi connectivity index (χ1v) is 3.11. The van der Waals surface area contributed by atoms with E-state index in [1.54, 1.807) is 6.33 Å². The van der Waals surface area contributed by atoms with E-state index in [2.05, 4.69) is 9.97 Å². The molecule has 54 valence electrons. The van der Waals surface area contributed by atoms with E-state index in [4.69, 9.17) is 0 Å². The van der Waals surface area contributed by atoms with Crippen LogP contribution < -0.4 is 0 Å². The number of para-hydroxylation sites is 1. The number of fused-ring (bicyclic) bond motifs is 1. The number of hydrogen-bond acceptors (Lipinski definition) is 2. The molecule has 3 heteroatoms. The van der Waals surface area contributed by atoms with Crippen LogP contribution >= 0.6 is 0 Å². The van der Waals surface area contributed by atoms with E-state index in [1.165, 1.54) is 0 Å². The molecule has 1 heterocycles. The van der Waals surface area contributed by atoms with E-state index in [1.807, 2.05) is 30.5 Å². The number of benzene rings is 1. The van der Waals surface area contributed by atoms with Gasteiger partial charge in [0.2, 0.25) is 0 Å². The van der Waals surface area contributed by atoms with Crippen molar-refractivity contribution in [3.63, 3.8) is 0 Å². The third-order valence-corrected chi connectivity index (χ3v) is 1.41. The van der Waals surface area contributed by atoms with Crippen LogP contribution in [0.5, 0.6) is 0 Å². The molecule has 0 N–H and O–H groups in total. The average molecular weight is 339 g/mol. The molecule has 0 atom stereocenters. The SMILES string of the molecule is [PbH2].c1ccc2ncncc2c1. The molecule has 2 nitrogen and oxygen atoms in total. The Balaban J connectivity index is 0.000000605. The Morgan fingerprint density at radius 3 is 2.73 bits per heavy atom. The summed E-state index contributed by atoms with van der Waals surface area (Å²) >= 11 is 0. The second-order valence-electron chi connectivity index (χ2n) is 2.08. The molecule has 11 heavy (non-hydrogen) atoms. The van der Waals surface area contributed by atoms with Crippen molar-refractivity contribution in [2.75, 3.05) is 0 Å². The zero-order valence-corrected chi connectivity index (χ0v) is 11.6. The van der Waals surface area contributed by atoms with Gasteiger partial charge in [0.1, 0.15) is 6.33 Å². The third-order valence-electron chi connectivity index (χ3n) is 1.41. The first-order valence-electron chi connectivity index (χ1n) is 3.11. The van der Waals surface area contributed by atoms with Gasteiger partial charge in [-0.25, -0.2) is 9.97 Å². The Labute approximate surface area is 84.8 Å². The first kappa shape index (κ1) is 8.58. The van der Waals surface area contributed by atoms with Crippen molar-refractivity contribution in [3.05, 3.63) is 36.8 Å². The van der Waals surface area contributed by atoms with Gasteiger partial charge < -0.3 is 0 Å². The van der Waals surface area contributed by atoms with Gasteiger partial charge in [0.25, 0.3) is 0 Å². The molecule has 0 aliphatic heterocycles. The van der Waals surface area contributed by atoms with E-state index < -0.39 is 0 Å². The molecule has 0 fully saturated rings. The normalized spacial score (nSPS) is 9.09. The van der Waals surface area contributed by atoms with E-state index >= 15 is 0 Å². The second-order valence-corrected chi connectivity index (χ2v) is 2.08. The zero-order valence-electron chi connectivity index (χ0n) is 6.07. The summed E-state index contributed by atoms with van der Waals surface area (Å²) in [6, 6.07) is 7.91. The van der Waals surface area contributed by atoms with Crippen molar-refractivity contribution in [2.45, 2.75) is 0 Å². The largest absolute Gasteiger partial charge is 0.244 e. The molecule has 0 aliphatic rings. The molecular formula is C8H8N2Pb. The van der Waals surface area contributed by atoms with E-state index in [-0.39, 0.29) is 27.3 Å². The summed E-state index contributed by atoms with van der Waals surface area (Å²) in [7, 11) is 0. The minimum Gasteiger partial charge on any atom is -0.244 e. The van der Waals surface area contributed by atoms with Gasteiger partial charge in [-0.05, 0) is 6.07 Å². The molecule has 1 aromatic carbocycles. The summed E-state index contributed by atoms with van der Waals surface area (Å²) < 4.78 is 0. The van der Waals surface area contributed by atoms with E-state index in [0.717, 1.165) is 10.9 Å². The third kappa shape index (κ3) is 1.74. The fourth-order valence-corrected chi connectivity index (χ4v) is 0.923. The van der Waals surface area contributed by atoms with Crippen LogP contribution in [0, 0.1) is 0 Å². The molecule has 0 saturated carbocycles. The van der Waals surface area contributed by atoms with Gasteiger partial charge >= 0.3 is 27.3 Å². The summed E-state index contributed by atoms with van der Waals surface area (Å²) in [5.41, 5.74) is 0.998. The molecule has 0 unspecified atom stereocenters. The molecule has 2 aromatic rings. The van der Waals surface area contributed by atoms with Crippen molar-refractivity contribution in [1.82, 2.24) is 9.97 Å². The van der Waals surface area contributed by atoms with Crippen molar-refractivity contribution in [1.29, 1.82) is 0 Å². The standard InChI is InChI=1S/C8H6N2.Pb.2H/c1-2-4-8-7(3-1)5-9-6-10-8;;;/h1-6H;;;. The molecular weight excluding hydrogens is 331 g/mol. The quantitative estimate of drug-likeness (QED) is 0.661. The Bertz CT molecular complexity index is 283. The minimum atomic E-state index is 0.